The van der Waals surface area contributed by atoms with Crippen molar-refractivity contribution in [3.05, 3.63) is 53.7 Å². The van der Waals surface area contributed by atoms with E-state index in [0.29, 0.717) is 0 Å². The lowest BCUT2D eigenvalue weighted by Crippen LogP contribution is -1.76. The van der Waals surface area contributed by atoms with Gasteiger partial charge in [0.1, 0.15) is 5.65 Å². The van der Waals surface area contributed by atoms with Crippen LogP contribution in [0, 0.1) is 0 Å². The molecule has 0 atom stereocenters. The van der Waals surface area contributed by atoms with Crippen LogP contribution in [-0.2, 0) is 0 Å². The molecule has 1 N–H and O–H groups in total. The third-order valence-electron chi connectivity index (χ3n) is 2.56. The Kier molecular flexibility index (Phi) is 2.15. The average Bonchev–Trinajstić information content (AvgIpc) is 2.76. The van der Waals surface area contributed by atoms with E-state index in [9.17, 15) is 0 Å². The van der Waals surface area contributed by atoms with Crippen LogP contribution in [0.25, 0.3) is 22.3 Å². The van der Waals surface area contributed by atoms with Crippen molar-refractivity contribution in [2.75, 3.05) is 0 Å². The third kappa shape index (κ3) is 1.48. The molecule has 0 saturated heterocycles. The van der Waals surface area contributed by atoms with Crippen LogP contribution in [0.5, 0.6) is 0 Å². The summed E-state index contributed by atoms with van der Waals surface area (Å²) in [7, 11) is 0. The molecule has 0 aliphatic heterocycles. The number of halogens is 1. The van der Waals surface area contributed by atoms with Crippen molar-refractivity contribution in [1.29, 1.82) is 0 Å². The van der Waals surface area contributed by atoms with E-state index in [0.717, 1.165) is 27.3 Å². The van der Waals surface area contributed by atoms with Gasteiger partial charge < -0.3 is 4.98 Å². The van der Waals surface area contributed by atoms with E-state index in [2.05, 4.69) is 22.1 Å². The predicted octanol–water partition coefficient (Wildman–Crippen LogP) is 3.88. The Labute approximate surface area is 97.9 Å². The molecule has 0 saturated carbocycles. The van der Waals surface area contributed by atoms with Crippen LogP contribution in [0.15, 0.2) is 48.7 Å². The van der Waals surface area contributed by atoms with Gasteiger partial charge in [0.2, 0.25) is 0 Å². The summed E-state index contributed by atoms with van der Waals surface area (Å²) in [4.78, 5) is 7.51. The van der Waals surface area contributed by atoms with Gasteiger partial charge >= 0.3 is 0 Å². The zero-order valence-electron chi connectivity index (χ0n) is 8.44. The summed E-state index contributed by atoms with van der Waals surface area (Å²) < 4.78 is 0. The Morgan fingerprint density at radius 3 is 2.62 bits per heavy atom. The van der Waals surface area contributed by atoms with Crippen LogP contribution < -0.4 is 0 Å². The summed E-state index contributed by atoms with van der Waals surface area (Å²) in [5.74, 6) is 0. The maximum Gasteiger partial charge on any atom is 0.139 e. The minimum absolute atomic E-state index is 0.725. The summed E-state index contributed by atoms with van der Waals surface area (Å²) in [5.41, 5.74) is 3.00. The van der Waals surface area contributed by atoms with Gasteiger partial charge in [0.05, 0.1) is 5.02 Å². The number of nitrogens with zero attached hydrogens (tertiary/aromatic N) is 1. The number of rotatable bonds is 1. The Morgan fingerprint density at radius 1 is 1.06 bits per heavy atom. The van der Waals surface area contributed by atoms with Crippen LogP contribution >= 0.6 is 11.6 Å². The first-order valence-corrected chi connectivity index (χ1v) is 5.41. The van der Waals surface area contributed by atoms with Gasteiger partial charge in [-0.25, -0.2) is 4.98 Å². The molecule has 0 aliphatic carbocycles. The molecule has 0 unspecified atom stereocenters. The fraction of sp³-hybridized carbons (Fsp3) is 0. The second kappa shape index (κ2) is 3.65. The van der Waals surface area contributed by atoms with Crippen molar-refractivity contribution < 1.29 is 0 Å². The zero-order valence-corrected chi connectivity index (χ0v) is 9.20. The van der Waals surface area contributed by atoms with Crippen LogP contribution in [-0.4, -0.2) is 9.97 Å². The highest BCUT2D eigenvalue weighted by Crippen LogP contribution is 2.27. The van der Waals surface area contributed by atoms with E-state index < -0.39 is 0 Å². The molecule has 2 heterocycles. The molecule has 0 spiro atoms. The van der Waals surface area contributed by atoms with Gasteiger partial charge in [0, 0.05) is 17.3 Å². The number of aromatic amines is 1. The van der Waals surface area contributed by atoms with Crippen molar-refractivity contribution in [3.63, 3.8) is 0 Å². The number of nitrogens with one attached hydrogen (secondary N) is 1. The SMILES string of the molecule is Clc1ccnc2[nH]c(-c3ccccc3)cc12. The summed E-state index contributed by atoms with van der Waals surface area (Å²) in [5, 5.41) is 1.69. The fourth-order valence-electron chi connectivity index (χ4n) is 1.77. The third-order valence-corrected chi connectivity index (χ3v) is 2.89. The summed E-state index contributed by atoms with van der Waals surface area (Å²) in [6.07, 6.45) is 1.70. The molecule has 16 heavy (non-hydrogen) atoms. The van der Waals surface area contributed by atoms with Crippen molar-refractivity contribution in [3.8, 4) is 11.3 Å². The first-order chi connectivity index (χ1) is 7.84. The van der Waals surface area contributed by atoms with Crippen LogP contribution in [0.1, 0.15) is 0 Å². The van der Waals surface area contributed by atoms with Gasteiger partial charge in [-0.1, -0.05) is 41.9 Å². The minimum atomic E-state index is 0.725. The molecule has 0 radical (unpaired) electrons. The highest BCUT2D eigenvalue weighted by atomic mass is 35.5. The normalized spacial score (nSPS) is 10.8. The summed E-state index contributed by atoms with van der Waals surface area (Å²) in [6, 6.07) is 14.0. The van der Waals surface area contributed by atoms with E-state index in [1.165, 1.54) is 0 Å². The fourth-order valence-corrected chi connectivity index (χ4v) is 1.97. The molecular weight excluding hydrogens is 220 g/mol. The number of hydrogen-bond acceptors (Lipinski definition) is 1. The second-order valence-corrected chi connectivity index (χ2v) is 4.01. The molecule has 3 aromatic rings. The van der Waals surface area contributed by atoms with Crippen molar-refractivity contribution >= 4 is 22.6 Å². The van der Waals surface area contributed by atoms with Crippen molar-refractivity contribution in [2.45, 2.75) is 0 Å². The maximum absolute atomic E-state index is 6.10. The van der Waals surface area contributed by atoms with Gasteiger partial charge in [-0.2, -0.15) is 0 Å². The monoisotopic (exact) mass is 228 g/mol. The second-order valence-electron chi connectivity index (χ2n) is 3.60. The number of aromatic nitrogens is 2. The largest absolute Gasteiger partial charge is 0.339 e. The molecular formula is C13H9ClN2. The standard InChI is InChI=1S/C13H9ClN2/c14-11-6-7-15-13-10(11)8-12(16-13)9-4-2-1-3-5-9/h1-8H,(H,15,16). The van der Waals surface area contributed by atoms with E-state index in [-0.39, 0.29) is 0 Å². The number of fused-ring (bicyclic) bond motifs is 1. The minimum Gasteiger partial charge on any atom is -0.339 e. The highest BCUT2D eigenvalue weighted by molar-refractivity contribution is 6.35. The molecule has 0 fully saturated rings. The Bertz CT molecular complexity index is 629. The first kappa shape index (κ1) is 9.43. The number of hydrogen-bond donors (Lipinski definition) is 1. The van der Waals surface area contributed by atoms with Gasteiger partial charge in [0.15, 0.2) is 0 Å². The lowest BCUT2D eigenvalue weighted by Gasteiger charge is -1.94. The van der Waals surface area contributed by atoms with Crippen LogP contribution in [0.2, 0.25) is 5.02 Å². The van der Waals surface area contributed by atoms with Crippen molar-refractivity contribution in [1.82, 2.24) is 9.97 Å². The Hall–Kier alpha value is -1.80. The average molecular weight is 229 g/mol. The quantitative estimate of drug-likeness (QED) is 0.673. The molecule has 3 rings (SSSR count). The molecule has 0 aliphatic rings. The van der Waals surface area contributed by atoms with Gasteiger partial charge in [-0.3, -0.25) is 0 Å². The molecule has 2 nitrogen and oxygen atoms in total. The maximum atomic E-state index is 6.10. The molecule has 0 amide bonds. The molecule has 2 aromatic heterocycles. The van der Waals surface area contributed by atoms with E-state index in [1.807, 2.05) is 24.3 Å². The zero-order chi connectivity index (χ0) is 11.0. The molecule has 0 bridgehead atoms. The number of H-pyrrole nitrogens is 1. The summed E-state index contributed by atoms with van der Waals surface area (Å²) >= 11 is 6.10. The molecule has 78 valence electrons. The molecule has 1 aromatic carbocycles. The van der Waals surface area contributed by atoms with Gasteiger partial charge in [-0.05, 0) is 17.7 Å². The van der Waals surface area contributed by atoms with Crippen molar-refractivity contribution in [2.24, 2.45) is 0 Å². The summed E-state index contributed by atoms with van der Waals surface area (Å²) in [6.45, 7) is 0. The van der Waals surface area contributed by atoms with Gasteiger partial charge in [-0.15, -0.1) is 0 Å². The van der Waals surface area contributed by atoms with Crippen LogP contribution in [0.3, 0.4) is 0 Å². The predicted molar refractivity (Wildman–Crippen MR) is 66.5 cm³/mol. The Morgan fingerprint density at radius 2 is 1.88 bits per heavy atom. The number of pyridine rings is 1. The molecule has 3 heteroatoms. The van der Waals surface area contributed by atoms with E-state index in [4.69, 9.17) is 11.6 Å². The lowest BCUT2D eigenvalue weighted by atomic mass is 10.1. The topological polar surface area (TPSA) is 28.7 Å². The Balaban J connectivity index is 2.23. The van der Waals surface area contributed by atoms with E-state index >= 15 is 0 Å². The smallest absolute Gasteiger partial charge is 0.139 e. The first-order valence-electron chi connectivity index (χ1n) is 5.03. The lowest BCUT2D eigenvalue weighted by molar-refractivity contribution is 1.32. The van der Waals surface area contributed by atoms with E-state index in [1.54, 1.807) is 12.3 Å². The highest BCUT2D eigenvalue weighted by Gasteiger charge is 2.05. The van der Waals surface area contributed by atoms with Gasteiger partial charge in [0.25, 0.3) is 0 Å². The number of benzene rings is 1. The van der Waals surface area contributed by atoms with Crippen LogP contribution in [0.4, 0.5) is 0 Å².